The highest BCUT2D eigenvalue weighted by molar-refractivity contribution is 5.90. The van der Waals surface area contributed by atoms with Crippen molar-refractivity contribution in [1.29, 1.82) is 0 Å². The van der Waals surface area contributed by atoms with Gasteiger partial charge in [-0.3, -0.25) is 14.2 Å². The van der Waals surface area contributed by atoms with Crippen LogP contribution in [0.5, 0.6) is 0 Å². The molecule has 0 aliphatic carbocycles. The summed E-state index contributed by atoms with van der Waals surface area (Å²) in [5.41, 5.74) is -0.895. The molecule has 30 heavy (non-hydrogen) atoms. The Morgan fingerprint density at radius 1 is 1.10 bits per heavy atom. The molecule has 0 radical (unpaired) electrons. The maximum Gasteiger partial charge on any atom is 0.352 e. The third-order valence-electron chi connectivity index (χ3n) is 4.99. The first-order valence-corrected chi connectivity index (χ1v) is 9.61. The van der Waals surface area contributed by atoms with Crippen LogP contribution in [0.4, 0.5) is 0 Å². The molecule has 156 valence electrons. The zero-order valence-electron chi connectivity index (χ0n) is 16.7. The van der Waals surface area contributed by atoms with Crippen LogP contribution in [0, 0.1) is 0 Å². The molecule has 11 nitrogen and oxygen atoms in total. The van der Waals surface area contributed by atoms with E-state index in [-0.39, 0.29) is 24.0 Å². The van der Waals surface area contributed by atoms with Crippen LogP contribution >= 0.6 is 0 Å². The third-order valence-corrected chi connectivity index (χ3v) is 4.99. The van der Waals surface area contributed by atoms with E-state index in [0.717, 1.165) is 22.3 Å². The Kier molecular flexibility index (Phi) is 5.27. The summed E-state index contributed by atoms with van der Waals surface area (Å²) in [6.07, 6.45) is 0. The van der Waals surface area contributed by atoms with Gasteiger partial charge >= 0.3 is 17.5 Å². The molecule has 0 spiro atoms. The van der Waals surface area contributed by atoms with Crippen molar-refractivity contribution in [1.82, 2.24) is 34.3 Å². The molecule has 1 amide bonds. The van der Waals surface area contributed by atoms with E-state index in [1.165, 1.54) is 0 Å². The SMILES string of the molecule is CCn1c(=O)c(-c2noc(C(=O)N3CCN(C)CC3)n2)nn(-c2ccccc2)c1=O. The van der Waals surface area contributed by atoms with E-state index in [2.05, 4.69) is 20.1 Å². The van der Waals surface area contributed by atoms with E-state index in [1.807, 2.05) is 7.05 Å². The Bertz CT molecular complexity index is 1170. The van der Waals surface area contributed by atoms with Crippen molar-refractivity contribution in [2.45, 2.75) is 13.5 Å². The molecule has 1 aromatic carbocycles. The van der Waals surface area contributed by atoms with Crippen LogP contribution in [-0.4, -0.2) is 73.4 Å². The van der Waals surface area contributed by atoms with Crippen LogP contribution in [0.1, 0.15) is 17.6 Å². The quantitative estimate of drug-likeness (QED) is 0.582. The molecule has 11 heteroatoms. The summed E-state index contributed by atoms with van der Waals surface area (Å²) in [7, 11) is 1.98. The van der Waals surface area contributed by atoms with Crippen molar-refractivity contribution >= 4 is 5.91 Å². The van der Waals surface area contributed by atoms with Crippen molar-refractivity contribution in [2.24, 2.45) is 0 Å². The van der Waals surface area contributed by atoms with Crippen molar-refractivity contribution < 1.29 is 9.32 Å². The summed E-state index contributed by atoms with van der Waals surface area (Å²) in [4.78, 5) is 46.0. The summed E-state index contributed by atoms with van der Waals surface area (Å²) >= 11 is 0. The van der Waals surface area contributed by atoms with E-state index < -0.39 is 17.2 Å². The van der Waals surface area contributed by atoms with Gasteiger partial charge in [-0.05, 0) is 26.1 Å². The van der Waals surface area contributed by atoms with E-state index in [0.29, 0.717) is 18.8 Å². The smallest absolute Gasteiger partial charge is 0.332 e. The average molecular weight is 411 g/mol. The van der Waals surface area contributed by atoms with Crippen LogP contribution in [0.2, 0.25) is 0 Å². The number of carbonyl (C=O) groups excluding carboxylic acids is 1. The summed E-state index contributed by atoms with van der Waals surface area (Å²) in [6.45, 7) is 4.42. The maximum atomic E-state index is 12.8. The summed E-state index contributed by atoms with van der Waals surface area (Å²) in [5.74, 6) is -0.741. The number of likely N-dealkylation sites (N-methyl/N-ethyl adjacent to an activating group) is 1. The minimum Gasteiger partial charge on any atom is -0.332 e. The number of benzene rings is 1. The number of hydrogen-bond acceptors (Lipinski definition) is 8. The normalized spacial score (nSPS) is 14.8. The predicted octanol–water partition coefficient (Wildman–Crippen LogP) is -0.148. The third kappa shape index (κ3) is 3.54. The van der Waals surface area contributed by atoms with Gasteiger partial charge < -0.3 is 14.3 Å². The number of rotatable bonds is 4. The number of para-hydroxylation sites is 1. The molecule has 2 aromatic heterocycles. The van der Waals surface area contributed by atoms with Gasteiger partial charge in [0.1, 0.15) is 0 Å². The Hall–Kier alpha value is -3.60. The second-order valence-electron chi connectivity index (χ2n) is 6.95. The zero-order chi connectivity index (χ0) is 21.3. The molecule has 0 bridgehead atoms. The summed E-state index contributed by atoms with van der Waals surface area (Å²) < 4.78 is 7.27. The minimum absolute atomic E-state index is 0.135. The topological polar surface area (TPSA) is 119 Å². The number of aromatic nitrogens is 5. The maximum absolute atomic E-state index is 12.8. The highest BCUT2D eigenvalue weighted by Crippen LogP contribution is 2.12. The molecule has 1 fully saturated rings. The van der Waals surface area contributed by atoms with Gasteiger partial charge in [0.25, 0.3) is 5.56 Å². The largest absolute Gasteiger partial charge is 0.352 e. The number of hydrogen-bond donors (Lipinski definition) is 0. The van der Waals surface area contributed by atoms with Crippen molar-refractivity contribution in [3.05, 3.63) is 57.1 Å². The lowest BCUT2D eigenvalue weighted by atomic mass is 10.3. The zero-order valence-corrected chi connectivity index (χ0v) is 16.7. The first-order chi connectivity index (χ1) is 14.5. The van der Waals surface area contributed by atoms with Crippen LogP contribution in [0.3, 0.4) is 0 Å². The van der Waals surface area contributed by atoms with E-state index in [4.69, 9.17) is 4.52 Å². The van der Waals surface area contributed by atoms with Crippen LogP contribution in [0.25, 0.3) is 17.2 Å². The molecule has 0 atom stereocenters. The number of piperazine rings is 1. The molecule has 1 saturated heterocycles. The summed E-state index contributed by atoms with van der Waals surface area (Å²) in [5, 5.41) is 7.95. The van der Waals surface area contributed by atoms with Crippen LogP contribution < -0.4 is 11.2 Å². The minimum atomic E-state index is -0.644. The average Bonchev–Trinajstić information content (AvgIpc) is 3.25. The molecule has 0 N–H and O–H groups in total. The number of carbonyl (C=O) groups is 1. The Morgan fingerprint density at radius 2 is 1.80 bits per heavy atom. The first-order valence-electron chi connectivity index (χ1n) is 9.61. The van der Waals surface area contributed by atoms with Crippen molar-refractivity contribution in [3.8, 4) is 17.2 Å². The highest BCUT2D eigenvalue weighted by Gasteiger charge is 2.27. The lowest BCUT2D eigenvalue weighted by molar-refractivity contribution is 0.0615. The van der Waals surface area contributed by atoms with Gasteiger partial charge in [-0.25, -0.2) is 4.79 Å². The Labute approximate surface area is 171 Å². The van der Waals surface area contributed by atoms with E-state index in [9.17, 15) is 14.4 Å². The fourth-order valence-corrected chi connectivity index (χ4v) is 3.22. The highest BCUT2D eigenvalue weighted by atomic mass is 16.5. The summed E-state index contributed by atoms with van der Waals surface area (Å²) in [6, 6.07) is 8.71. The first kappa shape index (κ1) is 19.7. The van der Waals surface area contributed by atoms with E-state index >= 15 is 0 Å². The molecule has 0 unspecified atom stereocenters. The second-order valence-corrected chi connectivity index (χ2v) is 6.95. The fraction of sp³-hybridized carbons (Fsp3) is 0.368. The second kappa shape index (κ2) is 8.03. The van der Waals surface area contributed by atoms with Gasteiger partial charge in [0, 0.05) is 32.7 Å². The van der Waals surface area contributed by atoms with Crippen molar-refractivity contribution in [3.63, 3.8) is 0 Å². The van der Waals surface area contributed by atoms with Gasteiger partial charge in [0.15, 0.2) is 5.69 Å². The van der Waals surface area contributed by atoms with Crippen LogP contribution in [-0.2, 0) is 6.54 Å². The lowest BCUT2D eigenvalue weighted by Gasteiger charge is -2.31. The van der Waals surface area contributed by atoms with Gasteiger partial charge in [0.2, 0.25) is 5.82 Å². The fourth-order valence-electron chi connectivity index (χ4n) is 3.22. The standard InChI is InChI=1S/C19H21N7O4/c1-3-25-17(27)14(21-26(19(25)29)13-7-5-4-6-8-13)15-20-16(30-22-15)18(28)24-11-9-23(2)10-12-24/h4-8H,3,9-12H2,1-2H3. The lowest BCUT2D eigenvalue weighted by Crippen LogP contribution is -2.47. The van der Waals surface area contributed by atoms with E-state index in [1.54, 1.807) is 42.2 Å². The van der Waals surface area contributed by atoms with Gasteiger partial charge in [-0.15, -0.1) is 0 Å². The van der Waals surface area contributed by atoms with Gasteiger partial charge in [0.05, 0.1) is 5.69 Å². The molecular weight excluding hydrogens is 390 g/mol. The Balaban J connectivity index is 1.74. The number of nitrogens with zero attached hydrogens (tertiary/aromatic N) is 7. The molecular formula is C19H21N7O4. The molecule has 3 heterocycles. The van der Waals surface area contributed by atoms with Gasteiger partial charge in [-0.2, -0.15) is 14.8 Å². The van der Waals surface area contributed by atoms with Crippen molar-refractivity contribution in [2.75, 3.05) is 33.2 Å². The Morgan fingerprint density at radius 3 is 2.47 bits per heavy atom. The molecule has 1 aliphatic heterocycles. The van der Waals surface area contributed by atoms with Gasteiger partial charge in [-0.1, -0.05) is 23.4 Å². The molecule has 4 rings (SSSR count). The predicted molar refractivity (Wildman–Crippen MR) is 106 cm³/mol. The monoisotopic (exact) mass is 411 g/mol. The van der Waals surface area contributed by atoms with Crippen LogP contribution in [0.15, 0.2) is 44.4 Å². The molecule has 1 aliphatic rings. The molecule has 3 aromatic rings. The molecule has 0 saturated carbocycles. The number of amides is 1.